The predicted molar refractivity (Wildman–Crippen MR) is 70.8 cm³/mol. The molecule has 2 N–H and O–H groups in total. The lowest BCUT2D eigenvalue weighted by atomic mass is 10.2. The third-order valence-corrected chi connectivity index (χ3v) is 3.02. The van der Waals surface area contributed by atoms with E-state index in [0.29, 0.717) is 18.2 Å². The number of hydrogen-bond donors (Lipinski definition) is 2. The number of non-ortho nitro benzene ring substituents is 1. The van der Waals surface area contributed by atoms with E-state index in [0.717, 1.165) is 12.8 Å². The molecule has 1 aromatic carbocycles. The molecule has 1 atom stereocenters. The van der Waals surface area contributed by atoms with Gasteiger partial charge in [0.15, 0.2) is 0 Å². The van der Waals surface area contributed by atoms with Gasteiger partial charge in [0.25, 0.3) is 5.69 Å². The first-order valence-electron chi connectivity index (χ1n) is 6.42. The monoisotopic (exact) mass is 280 g/mol. The molecule has 108 valence electrons. The standard InChI is InChI=1S/C13H16N2O5/c16-13(17)12(14-9-4-5-9)6-7-20-11-3-1-2-10(8-11)15(18)19/h1-3,8-9,12,14H,4-7H2,(H,16,17). The highest BCUT2D eigenvalue weighted by atomic mass is 16.6. The summed E-state index contributed by atoms with van der Waals surface area (Å²) in [6.07, 6.45) is 2.33. The highest BCUT2D eigenvalue weighted by molar-refractivity contribution is 5.73. The van der Waals surface area contributed by atoms with Gasteiger partial charge in [-0.25, -0.2) is 0 Å². The number of ether oxygens (including phenoxy) is 1. The Morgan fingerprint density at radius 1 is 1.55 bits per heavy atom. The summed E-state index contributed by atoms with van der Waals surface area (Å²) < 4.78 is 5.37. The molecule has 0 saturated heterocycles. The quantitative estimate of drug-likeness (QED) is 0.553. The van der Waals surface area contributed by atoms with Gasteiger partial charge >= 0.3 is 5.97 Å². The summed E-state index contributed by atoms with van der Waals surface area (Å²) in [4.78, 5) is 21.2. The number of carboxylic acid groups (broad SMARTS) is 1. The molecule has 1 saturated carbocycles. The molecular formula is C13H16N2O5. The normalized spacial score (nSPS) is 15.6. The van der Waals surface area contributed by atoms with Crippen LogP contribution in [0.5, 0.6) is 5.75 Å². The Morgan fingerprint density at radius 2 is 2.30 bits per heavy atom. The van der Waals surface area contributed by atoms with Crippen LogP contribution in [0.4, 0.5) is 5.69 Å². The van der Waals surface area contributed by atoms with Crippen molar-refractivity contribution < 1.29 is 19.6 Å². The van der Waals surface area contributed by atoms with E-state index in [-0.39, 0.29) is 12.3 Å². The van der Waals surface area contributed by atoms with Crippen LogP contribution in [0.25, 0.3) is 0 Å². The van der Waals surface area contributed by atoms with Gasteiger partial charge in [-0.2, -0.15) is 0 Å². The van der Waals surface area contributed by atoms with Crippen molar-refractivity contribution in [1.82, 2.24) is 5.32 Å². The minimum Gasteiger partial charge on any atom is -0.493 e. The summed E-state index contributed by atoms with van der Waals surface area (Å²) >= 11 is 0. The van der Waals surface area contributed by atoms with Crippen LogP contribution < -0.4 is 10.1 Å². The minimum absolute atomic E-state index is 0.0478. The van der Waals surface area contributed by atoms with Crippen LogP contribution in [0, 0.1) is 10.1 Å². The number of nitrogens with zero attached hydrogens (tertiary/aromatic N) is 1. The maximum Gasteiger partial charge on any atom is 0.320 e. The number of hydrogen-bond acceptors (Lipinski definition) is 5. The number of carboxylic acids is 1. The Morgan fingerprint density at radius 3 is 2.90 bits per heavy atom. The fourth-order valence-electron chi connectivity index (χ4n) is 1.79. The molecule has 1 aromatic rings. The molecule has 1 aliphatic carbocycles. The van der Waals surface area contributed by atoms with Crippen LogP contribution >= 0.6 is 0 Å². The topological polar surface area (TPSA) is 102 Å². The number of nitro benzene ring substituents is 1. The Labute approximate surface area is 115 Å². The highest BCUT2D eigenvalue weighted by Crippen LogP contribution is 2.21. The zero-order valence-corrected chi connectivity index (χ0v) is 10.8. The molecule has 0 spiro atoms. The second-order valence-corrected chi connectivity index (χ2v) is 4.72. The first-order chi connectivity index (χ1) is 9.56. The SMILES string of the molecule is O=C(O)C(CCOc1cccc([N+](=O)[O-])c1)NC1CC1. The van der Waals surface area contributed by atoms with E-state index >= 15 is 0 Å². The summed E-state index contributed by atoms with van der Waals surface area (Å²) in [7, 11) is 0. The molecule has 1 unspecified atom stereocenters. The van der Waals surface area contributed by atoms with Crippen LogP contribution in [0.1, 0.15) is 19.3 Å². The van der Waals surface area contributed by atoms with Gasteiger partial charge in [-0.1, -0.05) is 6.07 Å². The first-order valence-corrected chi connectivity index (χ1v) is 6.42. The Bertz CT molecular complexity index is 501. The van der Waals surface area contributed by atoms with E-state index in [1.165, 1.54) is 18.2 Å². The van der Waals surface area contributed by atoms with Gasteiger partial charge in [0.05, 0.1) is 17.6 Å². The number of benzene rings is 1. The minimum atomic E-state index is -0.903. The van der Waals surface area contributed by atoms with E-state index in [1.54, 1.807) is 6.07 Å². The molecule has 7 nitrogen and oxygen atoms in total. The van der Waals surface area contributed by atoms with E-state index in [1.807, 2.05) is 0 Å². The lowest BCUT2D eigenvalue weighted by molar-refractivity contribution is -0.384. The molecule has 0 radical (unpaired) electrons. The molecular weight excluding hydrogens is 264 g/mol. The van der Waals surface area contributed by atoms with Crippen molar-refractivity contribution in [3.05, 3.63) is 34.4 Å². The average Bonchev–Trinajstić information content (AvgIpc) is 3.21. The number of carbonyl (C=O) groups is 1. The summed E-state index contributed by atoms with van der Waals surface area (Å²) in [6, 6.07) is 5.50. The number of nitrogens with one attached hydrogen (secondary N) is 1. The zero-order valence-electron chi connectivity index (χ0n) is 10.8. The molecule has 0 aromatic heterocycles. The van der Waals surface area contributed by atoms with Crippen LogP contribution in [0.15, 0.2) is 24.3 Å². The third-order valence-electron chi connectivity index (χ3n) is 3.02. The van der Waals surface area contributed by atoms with Crippen LogP contribution in [0.2, 0.25) is 0 Å². The molecule has 0 aliphatic heterocycles. The fourth-order valence-corrected chi connectivity index (χ4v) is 1.79. The van der Waals surface area contributed by atoms with E-state index in [2.05, 4.69) is 5.32 Å². The van der Waals surface area contributed by atoms with Gasteiger partial charge in [-0.05, 0) is 18.9 Å². The van der Waals surface area contributed by atoms with E-state index in [9.17, 15) is 14.9 Å². The lowest BCUT2D eigenvalue weighted by Gasteiger charge is -2.14. The number of aliphatic carboxylic acids is 1. The van der Waals surface area contributed by atoms with Gasteiger partial charge in [-0.3, -0.25) is 14.9 Å². The molecule has 1 aliphatic rings. The predicted octanol–water partition coefficient (Wildman–Crippen LogP) is 1.57. The van der Waals surface area contributed by atoms with E-state index < -0.39 is 16.9 Å². The third kappa shape index (κ3) is 4.20. The largest absolute Gasteiger partial charge is 0.493 e. The number of nitro groups is 1. The van der Waals surface area contributed by atoms with Gasteiger partial charge in [0.1, 0.15) is 11.8 Å². The van der Waals surface area contributed by atoms with Crippen molar-refractivity contribution in [1.29, 1.82) is 0 Å². The Hall–Kier alpha value is -2.15. The molecule has 7 heteroatoms. The molecule has 20 heavy (non-hydrogen) atoms. The molecule has 0 bridgehead atoms. The van der Waals surface area contributed by atoms with Crippen molar-refractivity contribution in [2.24, 2.45) is 0 Å². The molecule has 0 heterocycles. The zero-order chi connectivity index (χ0) is 14.5. The van der Waals surface area contributed by atoms with Crippen LogP contribution in [0.3, 0.4) is 0 Å². The van der Waals surface area contributed by atoms with Gasteiger partial charge in [0, 0.05) is 18.5 Å². The molecule has 1 fully saturated rings. The number of rotatable bonds is 8. The summed E-state index contributed by atoms with van der Waals surface area (Å²) in [5.41, 5.74) is -0.0478. The average molecular weight is 280 g/mol. The van der Waals surface area contributed by atoms with Crippen molar-refractivity contribution in [2.75, 3.05) is 6.61 Å². The Kier molecular flexibility index (Phi) is 4.52. The highest BCUT2D eigenvalue weighted by Gasteiger charge is 2.28. The van der Waals surface area contributed by atoms with Crippen LogP contribution in [-0.2, 0) is 4.79 Å². The smallest absolute Gasteiger partial charge is 0.320 e. The summed E-state index contributed by atoms with van der Waals surface area (Å²) in [5, 5.41) is 22.7. The van der Waals surface area contributed by atoms with Gasteiger partial charge in [0.2, 0.25) is 0 Å². The fraction of sp³-hybridized carbons (Fsp3) is 0.462. The van der Waals surface area contributed by atoms with Crippen LogP contribution in [-0.4, -0.2) is 34.7 Å². The summed E-state index contributed by atoms with van der Waals surface area (Å²) in [6.45, 7) is 0.192. The van der Waals surface area contributed by atoms with E-state index in [4.69, 9.17) is 9.84 Å². The van der Waals surface area contributed by atoms with Crippen molar-refractivity contribution in [3.63, 3.8) is 0 Å². The van der Waals surface area contributed by atoms with Crippen molar-refractivity contribution in [3.8, 4) is 5.75 Å². The first kappa shape index (κ1) is 14.3. The van der Waals surface area contributed by atoms with Crippen molar-refractivity contribution in [2.45, 2.75) is 31.3 Å². The lowest BCUT2D eigenvalue weighted by Crippen LogP contribution is -2.39. The molecule has 0 amide bonds. The second-order valence-electron chi connectivity index (χ2n) is 4.72. The Balaban J connectivity index is 1.83. The second kappa shape index (κ2) is 6.33. The maximum atomic E-state index is 11.0. The van der Waals surface area contributed by atoms with Gasteiger partial charge < -0.3 is 15.2 Å². The maximum absolute atomic E-state index is 11.0. The molecule has 2 rings (SSSR count). The van der Waals surface area contributed by atoms with Gasteiger partial charge in [-0.15, -0.1) is 0 Å². The summed E-state index contributed by atoms with van der Waals surface area (Å²) in [5.74, 6) is -0.533. The van der Waals surface area contributed by atoms with Crippen molar-refractivity contribution >= 4 is 11.7 Å².